The van der Waals surface area contributed by atoms with Gasteiger partial charge in [-0.15, -0.1) is 0 Å². The molecule has 6 heteroatoms. The zero-order valence-electron chi connectivity index (χ0n) is 11.6. The number of benzene rings is 1. The summed E-state index contributed by atoms with van der Waals surface area (Å²) in [7, 11) is 1.81. The standard InChI is InChI=1S/C14H15N5S/c1-8-4-5-10-11(6-8)18-14(17-10)20-12-7-9(2)16-13(15-3)19-12/h4-7H,1-3H3,(H,17,18)(H,15,16,19). The summed E-state index contributed by atoms with van der Waals surface area (Å²) in [6.07, 6.45) is 0. The predicted molar refractivity (Wildman–Crippen MR) is 81.3 cm³/mol. The van der Waals surface area contributed by atoms with Crippen molar-refractivity contribution in [1.29, 1.82) is 0 Å². The van der Waals surface area contributed by atoms with Crippen molar-refractivity contribution in [3.05, 3.63) is 35.5 Å². The molecule has 0 bridgehead atoms. The fourth-order valence-corrected chi connectivity index (χ4v) is 2.82. The van der Waals surface area contributed by atoms with Gasteiger partial charge in [-0.3, -0.25) is 0 Å². The van der Waals surface area contributed by atoms with Crippen molar-refractivity contribution in [3.63, 3.8) is 0 Å². The maximum absolute atomic E-state index is 4.56. The molecule has 1 aromatic carbocycles. The highest BCUT2D eigenvalue weighted by atomic mass is 32.2. The van der Waals surface area contributed by atoms with Gasteiger partial charge in [-0.1, -0.05) is 6.07 Å². The minimum Gasteiger partial charge on any atom is -0.357 e. The van der Waals surface area contributed by atoms with E-state index in [0.29, 0.717) is 5.95 Å². The molecular formula is C14H15N5S. The highest BCUT2D eigenvalue weighted by molar-refractivity contribution is 7.99. The molecule has 0 spiro atoms. The van der Waals surface area contributed by atoms with E-state index in [-0.39, 0.29) is 0 Å². The normalized spacial score (nSPS) is 10.9. The third-order valence-corrected chi connectivity index (χ3v) is 3.68. The summed E-state index contributed by atoms with van der Waals surface area (Å²) in [5, 5.41) is 4.67. The fourth-order valence-electron chi connectivity index (χ4n) is 1.95. The first-order valence-corrected chi connectivity index (χ1v) is 7.13. The van der Waals surface area contributed by atoms with Crippen LogP contribution in [-0.2, 0) is 0 Å². The van der Waals surface area contributed by atoms with Gasteiger partial charge in [0.25, 0.3) is 0 Å². The number of imidazole rings is 1. The zero-order valence-corrected chi connectivity index (χ0v) is 12.4. The van der Waals surface area contributed by atoms with Crippen LogP contribution < -0.4 is 5.32 Å². The van der Waals surface area contributed by atoms with E-state index in [4.69, 9.17) is 0 Å². The number of hydrogen-bond acceptors (Lipinski definition) is 5. The molecule has 3 rings (SSSR count). The number of nitrogens with zero attached hydrogens (tertiary/aromatic N) is 3. The Labute approximate surface area is 121 Å². The van der Waals surface area contributed by atoms with Gasteiger partial charge in [0.15, 0.2) is 5.16 Å². The first-order valence-electron chi connectivity index (χ1n) is 6.32. The lowest BCUT2D eigenvalue weighted by atomic mass is 10.2. The van der Waals surface area contributed by atoms with Crippen LogP contribution in [0.4, 0.5) is 5.95 Å². The molecule has 0 aliphatic rings. The van der Waals surface area contributed by atoms with Gasteiger partial charge in [-0.2, -0.15) is 0 Å². The molecule has 0 aliphatic heterocycles. The lowest BCUT2D eigenvalue weighted by molar-refractivity contribution is 0.995. The highest BCUT2D eigenvalue weighted by Crippen LogP contribution is 2.27. The monoisotopic (exact) mass is 285 g/mol. The van der Waals surface area contributed by atoms with Gasteiger partial charge in [0, 0.05) is 12.7 Å². The van der Waals surface area contributed by atoms with Crippen LogP contribution in [0.1, 0.15) is 11.3 Å². The third-order valence-electron chi connectivity index (χ3n) is 2.87. The molecule has 0 atom stereocenters. The van der Waals surface area contributed by atoms with E-state index < -0.39 is 0 Å². The third kappa shape index (κ3) is 2.60. The van der Waals surface area contributed by atoms with Crippen molar-refractivity contribution < 1.29 is 0 Å². The van der Waals surface area contributed by atoms with Gasteiger partial charge in [-0.05, 0) is 49.4 Å². The second kappa shape index (κ2) is 5.13. The van der Waals surface area contributed by atoms with E-state index in [1.807, 2.05) is 26.1 Å². The van der Waals surface area contributed by atoms with Crippen molar-refractivity contribution in [2.24, 2.45) is 0 Å². The van der Waals surface area contributed by atoms with E-state index in [0.717, 1.165) is 26.9 Å². The van der Waals surface area contributed by atoms with Crippen LogP contribution in [0.3, 0.4) is 0 Å². The van der Waals surface area contributed by atoms with E-state index in [9.17, 15) is 0 Å². The highest BCUT2D eigenvalue weighted by Gasteiger charge is 2.07. The Bertz CT molecular complexity index is 765. The minimum atomic E-state index is 0.624. The molecule has 20 heavy (non-hydrogen) atoms. The molecule has 0 unspecified atom stereocenters. The van der Waals surface area contributed by atoms with Gasteiger partial charge in [-0.25, -0.2) is 15.0 Å². The van der Waals surface area contributed by atoms with Gasteiger partial charge in [0.2, 0.25) is 5.95 Å². The Hall–Kier alpha value is -2.08. The number of anilines is 1. The first kappa shape index (κ1) is 12.9. The van der Waals surface area contributed by atoms with E-state index in [1.165, 1.54) is 17.3 Å². The second-order valence-corrected chi connectivity index (χ2v) is 5.59. The van der Waals surface area contributed by atoms with Crippen molar-refractivity contribution in [1.82, 2.24) is 19.9 Å². The Kier molecular flexibility index (Phi) is 3.31. The summed E-state index contributed by atoms with van der Waals surface area (Å²) in [4.78, 5) is 16.6. The minimum absolute atomic E-state index is 0.624. The molecule has 102 valence electrons. The molecule has 2 N–H and O–H groups in total. The molecular weight excluding hydrogens is 270 g/mol. The van der Waals surface area contributed by atoms with Crippen molar-refractivity contribution in [2.45, 2.75) is 24.0 Å². The number of aryl methyl sites for hydroxylation is 2. The number of H-pyrrole nitrogens is 1. The first-order chi connectivity index (χ1) is 9.64. The summed E-state index contributed by atoms with van der Waals surface area (Å²) in [6, 6.07) is 8.13. The summed E-state index contributed by atoms with van der Waals surface area (Å²) < 4.78 is 0. The van der Waals surface area contributed by atoms with Crippen LogP contribution in [0.5, 0.6) is 0 Å². The lowest BCUT2D eigenvalue weighted by Gasteiger charge is -2.03. The number of aromatic nitrogens is 4. The number of nitrogens with one attached hydrogen (secondary N) is 2. The maximum atomic E-state index is 4.56. The van der Waals surface area contributed by atoms with Crippen LogP contribution in [0.25, 0.3) is 11.0 Å². The summed E-state index contributed by atoms with van der Waals surface area (Å²) in [5.41, 5.74) is 4.16. The number of hydrogen-bond donors (Lipinski definition) is 2. The zero-order chi connectivity index (χ0) is 14.1. The molecule has 0 saturated heterocycles. The molecule has 0 aliphatic carbocycles. The average molecular weight is 285 g/mol. The van der Waals surface area contributed by atoms with Crippen LogP contribution in [0.15, 0.2) is 34.4 Å². The predicted octanol–water partition coefficient (Wildman–Crippen LogP) is 3.16. The maximum Gasteiger partial charge on any atom is 0.223 e. The van der Waals surface area contributed by atoms with Gasteiger partial charge in [0.1, 0.15) is 5.03 Å². The number of aromatic amines is 1. The van der Waals surface area contributed by atoms with Crippen LogP contribution in [0.2, 0.25) is 0 Å². The van der Waals surface area contributed by atoms with Gasteiger partial charge in [0.05, 0.1) is 11.0 Å². The summed E-state index contributed by atoms with van der Waals surface area (Å²) in [5.74, 6) is 0.624. The Balaban J connectivity index is 1.94. The smallest absolute Gasteiger partial charge is 0.223 e. The van der Waals surface area contributed by atoms with Crippen LogP contribution in [-0.4, -0.2) is 27.0 Å². The number of fused-ring (bicyclic) bond motifs is 1. The molecule has 2 heterocycles. The van der Waals surface area contributed by atoms with E-state index >= 15 is 0 Å². The second-order valence-electron chi connectivity index (χ2n) is 4.59. The van der Waals surface area contributed by atoms with Crippen LogP contribution in [0, 0.1) is 13.8 Å². The summed E-state index contributed by atoms with van der Waals surface area (Å²) >= 11 is 1.51. The molecule has 3 aromatic rings. The van der Waals surface area contributed by atoms with Crippen molar-refractivity contribution in [2.75, 3.05) is 12.4 Å². The quantitative estimate of drug-likeness (QED) is 0.724. The summed E-state index contributed by atoms with van der Waals surface area (Å²) in [6.45, 7) is 4.02. The van der Waals surface area contributed by atoms with Crippen LogP contribution >= 0.6 is 11.8 Å². The van der Waals surface area contributed by atoms with Crippen molar-refractivity contribution >= 4 is 28.7 Å². The Morgan fingerprint density at radius 2 is 1.95 bits per heavy atom. The van der Waals surface area contributed by atoms with Gasteiger partial charge >= 0.3 is 0 Å². The molecule has 5 nitrogen and oxygen atoms in total. The fraction of sp³-hybridized carbons (Fsp3) is 0.214. The van der Waals surface area contributed by atoms with E-state index in [1.54, 1.807) is 0 Å². The van der Waals surface area contributed by atoms with Gasteiger partial charge < -0.3 is 10.3 Å². The molecule has 0 saturated carbocycles. The van der Waals surface area contributed by atoms with Crippen molar-refractivity contribution in [3.8, 4) is 0 Å². The largest absolute Gasteiger partial charge is 0.357 e. The molecule has 0 radical (unpaired) electrons. The Morgan fingerprint density at radius 3 is 2.75 bits per heavy atom. The SMILES string of the molecule is CNc1nc(C)cc(Sc2nc3ccc(C)cc3[nH]2)n1. The topological polar surface area (TPSA) is 66.5 Å². The lowest BCUT2D eigenvalue weighted by Crippen LogP contribution is -1.98. The molecule has 0 amide bonds. The molecule has 0 fully saturated rings. The molecule has 2 aromatic heterocycles. The van der Waals surface area contributed by atoms with E-state index in [2.05, 4.69) is 44.3 Å². The Morgan fingerprint density at radius 1 is 1.10 bits per heavy atom. The average Bonchev–Trinajstić information content (AvgIpc) is 2.79. The number of rotatable bonds is 3.